The highest BCUT2D eigenvalue weighted by Gasteiger charge is 2.21. The molecule has 6 heterocycles. The first-order chi connectivity index (χ1) is 18.7. The van der Waals surface area contributed by atoms with Crippen LogP contribution in [0.4, 0.5) is 5.69 Å². The third kappa shape index (κ3) is 4.02. The molecule has 1 fully saturated rings. The average molecular weight is 504 g/mol. The molecule has 1 saturated carbocycles. The summed E-state index contributed by atoms with van der Waals surface area (Å²) in [6, 6.07) is 11.7. The van der Waals surface area contributed by atoms with Gasteiger partial charge in [-0.2, -0.15) is 5.10 Å². The van der Waals surface area contributed by atoms with Crippen molar-refractivity contribution < 1.29 is 9.21 Å². The van der Waals surface area contributed by atoms with Crippen molar-refractivity contribution in [3.63, 3.8) is 0 Å². The van der Waals surface area contributed by atoms with Crippen molar-refractivity contribution >= 4 is 33.5 Å². The topological polar surface area (TPSA) is 125 Å². The smallest absolute Gasteiger partial charge is 0.227 e. The van der Waals surface area contributed by atoms with Crippen LogP contribution in [0, 0.1) is 5.92 Å². The third-order valence-electron chi connectivity index (χ3n) is 7.28. The van der Waals surface area contributed by atoms with Gasteiger partial charge in [0, 0.05) is 40.3 Å². The fourth-order valence-electron chi connectivity index (χ4n) is 5.32. The van der Waals surface area contributed by atoms with Gasteiger partial charge in [0.2, 0.25) is 5.91 Å². The van der Waals surface area contributed by atoms with Crippen molar-refractivity contribution in [3.05, 3.63) is 67.5 Å². The van der Waals surface area contributed by atoms with E-state index >= 15 is 0 Å². The fourth-order valence-corrected chi connectivity index (χ4v) is 5.32. The Morgan fingerprint density at radius 2 is 1.89 bits per heavy atom. The van der Waals surface area contributed by atoms with E-state index in [0.717, 1.165) is 75.8 Å². The molecule has 0 unspecified atom stereocenters. The largest absolute Gasteiger partial charge is 0.472 e. The molecule has 9 nitrogen and oxygen atoms in total. The van der Waals surface area contributed by atoms with Crippen LogP contribution in [0.25, 0.3) is 55.8 Å². The van der Waals surface area contributed by atoms with Crippen molar-refractivity contribution in [1.82, 2.24) is 30.1 Å². The van der Waals surface area contributed by atoms with E-state index in [2.05, 4.69) is 30.5 Å². The van der Waals surface area contributed by atoms with Crippen LogP contribution in [0.15, 0.2) is 71.9 Å². The van der Waals surface area contributed by atoms with Crippen LogP contribution in [0.5, 0.6) is 0 Å². The van der Waals surface area contributed by atoms with Crippen LogP contribution in [0.3, 0.4) is 0 Å². The molecule has 0 aromatic carbocycles. The monoisotopic (exact) mass is 503 g/mol. The van der Waals surface area contributed by atoms with E-state index in [1.165, 1.54) is 6.42 Å². The van der Waals surface area contributed by atoms with Crippen molar-refractivity contribution in [2.75, 3.05) is 5.32 Å². The lowest BCUT2D eigenvalue weighted by atomic mass is 9.88. The molecule has 0 saturated heterocycles. The van der Waals surface area contributed by atoms with Crippen LogP contribution < -0.4 is 5.32 Å². The molecule has 188 valence electrons. The summed E-state index contributed by atoms with van der Waals surface area (Å²) in [7, 11) is 0. The molecule has 3 N–H and O–H groups in total. The maximum absolute atomic E-state index is 12.7. The van der Waals surface area contributed by atoms with Gasteiger partial charge in [0.25, 0.3) is 0 Å². The van der Waals surface area contributed by atoms with Crippen LogP contribution >= 0.6 is 0 Å². The average Bonchev–Trinajstić information content (AvgIpc) is 3.73. The maximum Gasteiger partial charge on any atom is 0.227 e. The standard InChI is InChI=1S/C29H25N7O2/c37-29(17-4-2-1-3-5-17)32-20-12-19(14-30-15-20)22-6-7-24-27(34-22)28(36-35-24)25-13-21-23(33-25)8-10-31-26(21)18-9-11-38-16-18/h6-17,33H,1-5H2,(H,32,37)(H,35,36). The normalized spacial score (nSPS) is 14.3. The number of pyridine rings is 3. The van der Waals surface area contributed by atoms with E-state index in [0.29, 0.717) is 11.4 Å². The van der Waals surface area contributed by atoms with Gasteiger partial charge in [-0.3, -0.25) is 19.9 Å². The van der Waals surface area contributed by atoms with Crippen LogP contribution in [0.2, 0.25) is 0 Å². The number of nitrogens with one attached hydrogen (secondary N) is 3. The highest BCUT2D eigenvalue weighted by atomic mass is 16.3. The number of hydrogen-bond acceptors (Lipinski definition) is 6. The summed E-state index contributed by atoms with van der Waals surface area (Å²) in [5.41, 5.74) is 8.06. The molecular formula is C29H25N7O2. The van der Waals surface area contributed by atoms with Crippen molar-refractivity contribution in [2.24, 2.45) is 5.92 Å². The van der Waals surface area contributed by atoms with Crippen molar-refractivity contribution in [2.45, 2.75) is 32.1 Å². The summed E-state index contributed by atoms with van der Waals surface area (Å²) in [6.45, 7) is 0. The Balaban J connectivity index is 1.23. The Kier molecular flexibility index (Phi) is 5.46. The van der Waals surface area contributed by atoms with E-state index < -0.39 is 0 Å². The molecule has 0 spiro atoms. The van der Waals surface area contributed by atoms with E-state index in [1.807, 2.05) is 36.4 Å². The second-order valence-electron chi connectivity index (χ2n) is 9.77. The fraction of sp³-hybridized carbons (Fsp3) is 0.207. The van der Waals surface area contributed by atoms with E-state index in [-0.39, 0.29) is 11.8 Å². The summed E-state index contributed by atoms with van der Waals surface area (Å²) in [6.07, 6.45) is 13.9. The lowest BCUT2D eigenvalue weighted by Gasteiger charge is -2.20. The van der Waals surface area contributed by atoms with Crippen LogP contribution in [-0.4, -0.2) is 36.0 Å². The van der Waals surface area contributed by atoms with Gasteiger partial charge in [0.05, 0.1) is 47.0 Å². The molecule has 1 amide bonds. The minimum absolute atomic E-state index is 0.0762. The van der Waals surface area contributed by atoms with Gasteiger partial charge in [-0.25, -0.2) is 4.98 Å². The molecule has 6 aromatic heterocycles. The second-order valence-corrected chi connectivity index (χ2v) is 9.77. The first kappa shape index (κ1) is 22.4. The van der Waals surface area contributed by atoms with Gasteiger partial charge in [-0.05, 0) is 49.2 Å². The lowest BCUT2D eigenvalue weighted by Crippen LogP contribution is -2.24. The number of rotatable bonds is 5. The highest BCUT2D eigenvalue weighted by molar-refractivity contribution is 5.99. The first-order valence-corrected chi connectivity index (χ1v) is 12.8. The molecule has 0 bridgehead atoms. The molecule has 0 atom stereocenters. The van der Waals surface area contributed by atoms with Gasteiger partial charge < -0.3 is 14.7 Å². The summed E-state index contributed by atoms with van der Waals surface area (Å²) in [5.74, 6) is 0.156. The van der Waals surface area contributed by atoms with Gasteiger partial charge >= 0.3 is 0 Å². The molecular weight excluding hydrogens is 478 g/mol. The van der Waals surface area contributed by atoms with Gasteiger partial charge in [-0.1, -0.05) is 19.3 Å². The number of amides is 1. The van der Waals surface area contributed by atoms with Crippen LogP contribution in [-0.2, 0) is 4.79 Å². The number of fused-ring (bicyclic) bond motifs is 2. The zero-order chi connectivity index (χ0) is 25.5. The minimum atomic E-state index is 0.0762. The first-order valence-electron chi connectivity index (χ1n) is 12.8. The number of H-pyrrole nitrogens is 2. The molecule has 0 radical (unpaired) electrons. The Labute approximate surface area is 217 Å². The number of anilines is 1. The number of aromatic amines is 2. The highest BCUT2D eigenvalue weighted by Crippen LogP contribution is 2.33. The maximum atomic E-state index is 12.7. The Morgan fingerprint density at radius 1 is 0.974 bits per heavy atom. The summed E-state index contributed by atoms with van der Waals surface area (Å²) >= 11 is 0. The number of furan rings is 1. The second kappa shape index (κ2) is 9.26. The molecule has 6 aromatic rings. The Hall–Kier alpha value is -4.79. The van der Waals surface area contributed by atoms with Crippen molar-refractivity contribution in [1.29, 1.82) is 0 Å². The molecule has 7 rings (SSSR count). The quantitative estimate of drug-likeness (QED) is 0.252. The lowest BCUT2D eigenvalue weighted by molar-refractivity contribution is -0.120. The molecule has 1 aliphatic rings. The van der Waals surface area contributed by atoms with E-state index in [1.54, 1.807) is 31.1 Å². The predicted octanol–water partition coefficient (Wildman–Crippen LogP) is 6.34. The third-order valence-corrected chi connectivity index (χ3v) is 7.28. The molecule has 1 aliphatic carbocycles. The SMILES string of the molecule is O=C(Nc1cncc(-c2ccc3[nH]nc(-c4cc5c(-c6ccoc6)nccc5[nH]4)c3n2)c1)C1CCCCC1. The number of aromatic nitrogens is 6. The van der Waals surface area contributed by atoms with Gasteiger partial charge in [0.1, 0.15) is 11.2 Å². The number of nitrogens with zero attached hydrogens (tertiary/aromatic N) is 4. The zero-order valence-electron chi connectivity index (χ0n) is 20.6. The van der Waals surface area contributed by atoms with Gasteiger partial charge in [0.15, 0.2) is 0 Å². The minimum Gasteiger partial charge on any atom is -0.472 e. The zero-order valence-corrected chi connectivity index (χ0v) is 20.6. The summed E-state index contributed by atoms with van der Waals surface area (Å²) in [4.78, 5) is 30.1. The predicted molar refractivity (Wildman–Crippen MR) is 145 cm³/mol. The Bertz CT molecular complexity index is 1760. The number of hydrogen-bond donors (Lipinski definition) is 3. The van der Waals surface area contributed by atoms with Crippen molar-refractivity contribution in [3.8, 4) is 33.9 Å². The molecule has 38 heavy (non-hydrogen) atoms. The molecule has 0 aliphatic heterocycles. The summed E-state index contributed by atoms with van der Waals surface area (Å²) < 4.78 is 5.26. The number of carbonyl (C=O) groups excluding carboxylic acids is 1. The molecule has 9 heteroatoms. The van der Waals surface area contributed by atoms with Crippen LogP contribution in [0.1, 0.15) is 32.1 Å². The van der Waals surface area contributed by atoms with Gasteiger partial charge in [-0.15, -0.1) is 0 Å². The Morgan fingerprint density at radius 3 is 2.76 bits per heavy atom. The van der Waals surface area contributed by atoms with E-state index in [4.69, 9.17) is 9.40 Å². The van der Waals surface area contributed by atoms with E-state index in [9.17, 15) is 4.79 Å². The summed E-state index contributed by atoms with van der Waals surface area (Å²) in [5, 5.41) is 11.7. The number of carbonyl (C=O) groups is 1.